The fourth-order valence-corrected chi connectivity index (χ4v) is 10.6. The number of rotatable bonds is 6. The largest absolute Gasteiger partial charge is 0.310 e. The van der Waals surface area contributed by atoms with E-state index in [1.165, 1.54) is 77.9 Å². The van der Waals surface area contributed by atoms with E-state index in [2.05, 4.69) is 248 Å². The number of para-hydroxylation sites is 1. The van der Waals surface area contributed by atoms with Crippen molar-refractivity contribution in [2.75, 3.05) is 4.90 Å². The predicted octanol–water partition coefficient (Wildman–Crippen LogP) is 16.1. The van der Waals surface area contributed by atoms with Crippen LogP contribution in [0.3, 0.4) is 0 Å². The van der Waals surface area contributed by atoms with Crippen LogP contribution in [-0.2, 0) is 21.7 Å². The molecule has 1 heteroatoms. The first kappa shape index (κ1) is 38.7. The summed E-state index contributed by atoms with van der Waals surface area (Å²) in [5.74, 6) is 0. The topological polar surface area (TPSA) is 3.24 Å². The third kappa shape index (κ3) is 6.04. The van der Waals surface area contributed by atoms with E-state index in [1.807, 2.05) is 0 Å². The molecule has 0 saturated heterocycles. The fraction of sp³-hybridized carbons (Fsp3) is 0.200. The van der Waals surface area contributed by atoms with E-state index >= 15 is 0 Å². The average Bonchev–Trinajstić information content (AvgIpc) is 3.69. The molecule has 2 aliphatic carbocycles. The highest BCUT2D eigenvalue weighted by molar-refractivity contribution is 5.95. The molecule has 61 heavy (non-hydrogen) atoms. The second kappa shape index (κ2) is 14.1. The van der Waals surface area contributed by atoms with Crippen molar-refractivity contribution < 1.29 is 0 Å². The van der Waals surface area contributed by atoms with Crippen LogP contribution in [0.1, 0.15) is 99.9 Å². The monoisotopic (exact) mass is 789 g/mol. The summed E-state index contributed by atoms with van der Waals surface area (Å²) in [6.07, 6.45) is 0. The normalized spacial score (nSPS) is 14.5. The van der Waals surface area contributed by atoms with Crippen LogP contribution < -0.4 is 4.90 Å². The first-order valence-electron chi connectivity index (χ1n) is 21.9. The maximum absolute atomic E-state index is 2.53. The molecule has 0 atom stereocenters. The van der Waals surface area contributed by atoms with Gasteiger partial charge in [-0.15, -0.1) is 0 Å². The Balaban J connectivity index is 1.30. The van der Waals surface area contributed by atoms with Crippen molar-refractivity contribution in [2.45, 2.75) is 77.0 Å². The van der Waals surface area contributed by atoms with Crippen molar-refractivity contribution in [2.24, 2.45) is 0 Å². The number of benzene rings is 8. The lowest BCUT2D eigenvalue weighted by atomic mass is 9.63. The van der Waals surface area contributed by atoms with E-state index < -0.39 is 5.41 Å². The maximum Gasteiger partial charge on any atom is 0.0716 e. The predicted molar refractivity (Wildman–Crippen MR) is 259 cm³/mol. The van der Waals surface area contributed by atoms with E-state index in [4.69, 9.17) is 0 Å². The molecule has 0 spiro atoms. The van der Waals surface area contributed by atoms with Gasteiger partial charge in [-0.05, 0) is 113 Å². The minimum atomic E-state index is -0.527. The summed E-state index contributed by atoms with van der Waals surface area (Å²) in [5, 5.41) is 0. The molecule has 1 nitrogen and oxygen atoms in total. The van der Waals surface area contributed by atoms with Gasteiger partial charge in [0.2, 0.25) is 0 Å². The van der Waals surface area contributed by atoms with Crippen LogP contribution in [0.25, 0.3) is 33.4 Å². The van der Waals surface area contributed by atoms with Gasteiger partial charge in [-0.3, -0.25) is 0 Å². The van der Waals surface area contributed by atoms with Gasteiger partial charge in [0.25, 0.3) is 0 Å². The zero-order chi connectivity index (χ0) is 42.3. The van der Waals surface area contributed by atoms with Crippen LogP contribution in [-0.4, -0.2) is 0 Å². The standard InChI is InChI=1S/C60H55N/c1-57(2,3)43-36-50-49-38-44(33-35-52(49)60(41-24-14-10-15-25-41,42-26-16-11-17-27-42)56(50)54(37-43)58(4,5)6)61(55-31-21-19-28-46(55)40-22-12-9-13-23-40)45-32-34-48-47-29-18-20-30-51(47)59(7,8)53(48)39-45/h9-39H,1-8H3. The summed E-state index contributed by atoms with van der Waals surface area (Å²) < 4.78 is 0. The summed E-state index contributed by atoms with van der Waals surface area (Å²) in [4.78, 5) is 2.52. The van der Waals surface area contributed by atoms with Crippen LogP contribution in [0.2, 0.25) is 0 Å². The van der Waals surface area contributed by atoms with Gasteiger partial charge in [0, 0.05) is 22.4 Å². The van der Waals surface area contributed by atoms with Crippen molar-refractivity contribution in [3.63, 3.8) is 0 Å². The molecule has 0 aromatic heterocycles. The molecule has 0 unspecified atom stereocenters. The third-order valence-corrected chi connectivity index (χ3v) is 13.6. The van der Waals surface area contributed by atoms with Gasteiger partial charge in [0.1, 0.15) is 0 Å². The van der Waals surface area contributed by atoms with Crippen LogP contribution in [0, 0.1) is 0 Å². The zero-order valence-electron chi connectivity index (χ0n) is 36.8. The minimum absolute atomic E-state index is 0.0486. The van der Waals surface area contributed by atoms with E-state index in [0.717, 1.165) is 17.1 Å². The molecule has 8 aromatic rings. The molecule has 0 radical (unpaired) electrons. The summed E-state index contributed by atoms with van der Waals surface area (Å²) >= 11 is 0. The summed E-state index contributed by atoms with van der Waals surface area (Å²) in [6.45, 7) is 19.0. The molecule has 0 bridgehead atoms. The van der Waals surface area contributed by atoms with E-state index in [1.54, 1.807) is 0 Å². The Kier molecular flexibility index (Phi) is 8.93. The van der Waals surface area contributed by atoms with Crippen molar-refractivity contribution >= 4 is 17.1 Å². The molecule has 0 N–H and O–H groups in total. The molecule has 0 amide bonds. The molecular formula is C60H55N. The SMILES string of the molecule is CC(C)(C)c1cc2c(c(C(C)(C)C)c1)C(c1ccccc1)(c1ccccc1)c1ccc(N(c3ccc4c(c3)C(C)(C)c3ccccc3-4)c3ccccc3-c3ccccc3)cc1-2. The Morgan fingerprint density at radius 3 is 1.57 bits per heavy atom. The van der Waals surface area contributed by atoms with Crippen LogP contribution in [0.15, 0.2) is 188 Å². The smallest absolute Gasteiger partial charge is 0.0716 e. The Morgan fingerprint density at radius 2 is 0.934 bits per heavy atom. The van der Waals surface area contributed by atoms with Gasteiger partial charge >= 0.3 is 0 Å². The fourth-order valence-electron chi connectivity index (χ4n) is 10.6. The number of fused-ring (bicyclic) bond motifs is 6. The summed E-state index contributed by atoms with van der Waals surface area (Å²) in [5.41, 5.74) is 21.0. The summed E-state index contributed by atoms with van der Waals surface area (Å²) in [7, 11) is 0. The van der Waals surface area contributed by atoms with E-state index in [0.29, 0.717) is 0 Å². The molecule has 0 aliphatic heterocycles. The first-order valence-corrected chi connectivity index (χ1v) is 21.9. The molecule has 0 fully saturated rings. The molecule has 0 saturated carbocycles. The Bertz CT molecular complexity index is 2900. The van der Waals surface area contributed by atoms with Crippen LogP contribution in [0.4, 0.5) is 17.1 Å². The maximum atomic E-state index is 2.53. The summed E-state index contributed by atoms with van der Waals surface area (Å²) in [6, 6.07) is 70.8. The van der Waals surface area contributed by atoms with E-state index in [9.17, 15) is 0 Å². The Morgan fingerprint density at radius 1 is 0.393 bits per heavy atom. The first-order chi connectivity index (χ1) is 29.3. The van der Waals surface area contributed by atoms with Gasteiger partial charge in [-0.2, -0.15) is 0 Å². The number of hydrogen-bond donors (Lipinski definition) is 0. The van der Waals surface area contributed by atoms with Crippen LogP contribution in [0.5, 0.6) is 0 Å². The van der Waals surface area contributed by atoms with Gasteiger partial charge in [-0.1, -0.05) is 213 Å². The molecule has 300 valence electrons. The van der Waals surface area contributed by atoms with Crippen molar-refractivity contribution in [1.29, 1.82) is 0 Å². The lowest BCUT2D eigenvalue weighted by Crippen LogP contribution is -2.32. The highest BCUT2D eigenvalue weighted by atomic mass is 15.1. The molecule has 10 rings (SSSR count). The molecular weight excluding hydrogens is 735 g/mol. The van der Waals surface area contributed by atoms with Gasteiger partial charge in [-0.25, -0.2) is 0 Å². The lowest BCUT2D eigenvalue weighted by molar-refractivity contribution is 0.557. The van der Waals surface area contributed by atoms with Gasteiger partial charge < -0.3 is 4.90 Å². The second-order valence-electron chi connectivity index (χ2n) is 19.8. The average molecular weight is 790 g/mol. The highest BCUT2D eigenvalue weighted by Gasteiger charge is 2.49. The quantitative estimate of drug-likeness (QED) is 0.162. The Labute approximate surface area is 363 Å². The second-order valence-corrected chi connectivity index (χ2v) is 19.8. The number of anilines is 3. The third-order valence-electron chi connectivity index (χ3n) is 13.6. The highest BCUT2D eigenvalue weighted by Crippen LogP contribution is 2.60. The van der Waals surface area contributed by atoms with Crippen molar-refractivity contribution in [3.05, 3.63) is 233 Å². The van der Waals surface area contributed by atoms with Gasteiger partial charge in [0.15, 0.2) is 0 Å². The lowest BCUT2D eigenvalue weighted by Gasteiger charge is -2.38. The number of hydrogen-bond acceptors (Lipinski definition) is 1. The van der Waals surface area contributed by atoms with Crippen molar-refractivity contribution in [1.82, 2.24) is 0 Å². The van der Waals surface area contributed by atoms with Crippen LogP contribution >= 0.6 is 0 Å². The molecule has 2 aliphatic rings. The molecule has 0 heterocycles. The van der Waals surface area contributed by atoms with Crippen molar-refractivity contribution in [3.8, 4) is 33.4 Å². The molecule has 8 aromatic carbocycles. The van der Waals surface area contributed by atoms with Gasteiger partial charge in [0.05, 0.1) is 11.1 Å². The minimum Gasteiger partial charge on any atom is -0.310 e. The Hall–Kier alpha value is -6.44. The number of nitrogens with zero attached hydrogens (tertiary/aromatic N) is 1. The zero-order valence-corrected chi connectivity index (χ0v) is 36.8. The van der Waals surface area contributed by atoms with E-state index in [-0.39, 0.29) is 16.2 Å².